The lowest BCUT2D eigenvalue weighted by Crippen LogP contribution is -2.32. The highest BCUT2D eigenvalue weighted by Crippen LogP contribution is 2.39. The normalized spacial score (nSPS) is 23.6. The summed E-state index contributed by atoms with van der Waals surface area (Å²) in [5, 5.41) is 4.21. The zero-order valence-corrected chi connectivity index (χ0v) is 13.1. The van der Waals surface area contributed by atoms with Crippen LogP contribution < -0.4 is 4.90 Å². The molecule has 2 amide bonds. The monoisotopic (exact) mass is 328 g/mol. The summed E-state index contributed by atoms with van der Waals surface area (Å²) in [5.74, 6) is -1.10. The van der Waals surface area contributed by atoms with Gasteiger partial charge in [-0.2, -0.15) is 4.98 Å². The van der Waals surface area contributed by atoms with Gasteiger partial charge >= 0.3 is 0 Å². The number of aromatic nitrogens is 3. The van der Waals surface area contributed by atoms with E-state index in [9.17, 15) is 14.0 Å². The maximum absolute atomic E-state index is 13.7. The molecule has 1 aliphatic heterocycles. The maximum Gasteiger partial charge on any atom is 0.258 e. The fourth-order valence-corrected chi connectivity index (χ4v) is 3.62. The molecule has 2 aromatic rings. The lowest BCUT2D eigenvalue weighted by molar-refractivity contribution is -0.122. The molecule has 2 heterocycles. The van der Waals surface area contributed by atoms with Gasteiger partial charge in [0.1, 0.15) is 12.1 Å². The van der Waals surface area contributed by atoms with E-state index in [1.165, 1.54) is 17.1 Å². The number of halogens is 1. The van der Waals surface area contributed by atoms with Gasteiger partial charge in [0, 0.05) is 5.56 Å². The Morgan fingerprint density at radius 2 is 1.75 bits per heavy atom. The average molecular weight is 328 g/mol. The van der Waals surface area contributed by atoms with Crippen LogP contribution >= 0.6 is 0 Å². The first-order valence-corrected chi connectivity index (χ1v) is 8.16. The Morgan fingerprint density at radius 1 is 1.08 bits per heavy atom. The molecule has 0 spiro atoms. The van der Waals surface area contributed by atoms with Crippen LogP contribution in [0.25, 0.3) is 0 Å². The predicted molar refractivity (Wildman–Crippen MR) is 83.5 cm³/mol. The van der Waals surface area contributed by atoms with Gasteiger partial charge in [-0.05, 0) is 18.9 Å². The second kappa shape index (κ2) is 5.81. The zero-order chi connectivity index (χ0) is 16.7. The topological polar surface area (TPSA) is 68.1 Å². The third-order valence-electron chi connectivity index (χ3n) is 4.86. The quantitative estimate of drug-likeness (QED) is 0.810. The minimum atomic E-state index is -0.325. The van der Waals surface area contributed by atoms with E-state index in [0.29, 0.717) is 5.56 Å². The van der Waals surface area contributed by atoms with Crippen molar-refractivity contribution < 1.29 is 14.0 Å². The number of rotatable bonds is 3. The lowest BCUT2D eigenvalue weighted by Gasteiger charge is -2.19. The smallest absolute Gasteiger partial charge is 0.258 e. The third-order valence-corrected chi connectivity index (χ3v) is 4.86. The first-order chi connectivity index (χ1) is 11.6. The van der Waals surface area contributed by atoms with Crippen molar-refractivity contribution in [2.24, 2.45) is 11.8 Å². The van der Waals surface area contributed by atoms with Crippen molar-refractivity contribution in [3.63, 3.8) is 0 Å². The summed E-state index contributed by atoms with van der Waals surface area (Å²) in [6, 6.07) is 6.41. The molecular formula is C17H17FN4O2. The molecule has 0 unspecified atom stereocenters. The number of carbonyl (C=O) groups is 2. The summed E-state index contributed by atoms with van der Waals surface area (Å²) in [5.41, 5.74) is 0.474. The molecule has 1 aromatic carbocycles. The van der Waals surface area contributed by atoms with Gasteiger partial charge in [0.2, 0.25) is 11.8 Å². The molecule has 0 bridgehead atoms. The summed E-state index contributed by atoms with van der Waals surface area (Å²) >= 11 is 0. The van der Waals surface area contributed by atoms with Gasteiger partial charge < -0.3 is 0 Å². The Balaban J connectivity index is 1.57. The predicted octanol–water partition coefficient (Wildman–Crippen LogP) is 2.15. The van der Waals surface area contributed by atoms with Crippen LogP contribution in [-0.2, 0) is 16.1 Å². The molecule has 2 atom stereocenters. The maximum atomic E-state index is 13.7. The van der Waals surface area contributed by atoms with Gasteiger partial charge in [0.05, 0.1) is 18.4 Å². The van der Waals surface area contributed by atoms with E-state index in [1.54, 1.807) is 18.2 Å². The van der Waals surface area contributed by atoms with Crippen molar-refractivity contribution in [2.45, 2.75) is 32.2 Å². The molecule has 2 fully saturated rings. The molecule has 1 saturated carbocycles. The summed E-state index contributed by atoms with van der Waals surface area (Å²) in [4.78, 5) is 30.3. The molecule has 7 heteroatoms. The van der Waals surface area contributed by atoms with Crippen molar-refractivity contribution >= 4 is 17.8 Å². The highest BCUT2D eigenvalue weighted by atomic mass is 19.1. The number of carbonyl (C=O) groups excluding carboxylic acids is 2. The fraction of sp³-hybridized carbons (Fsp3) is 0.412. The van der Waals surface area contributed by atoms with E-state index in [-0.39, 0.29) is 42.0 Å². The average Bonchev–Trinajstić information content (AvgIpc) is 3.14. The van der Waals surface area contributed by atoms with Gasteiger partial charge in [-0.25, -0.2) is 14.0 Å². The minimum absolute atomic E-state index is 0.0933. The van der Waals surface area contributed by atoms with Gasteiger partial charge in [-0.1, -0.05) is 31.0 Å². The van der Waals surface area contributed by atoms with Gasteiger partial charge in [-0.3, -0.25) is 9.59 Å². The molecular weight excluding hydrogens is 311 g/mol. The standard InChI is InChI=1S/C17H17FN4O2/c18-14-8-4-1-5-11(14)9-21-10-19-17(20-21)22-15(23)12-6-2-3-7-13(12)16(22)24/h1,4-5,8,10,12-13H,2-3,6-7,9H2/t12-,13+. The summed E-state index contributed by atoms with van der Waals surface area (Å²) in [6.45, 7) is 0.197. The molecule has 1 aliphatic carbocycles. The first kappa shape index (κ1) is 15.0. The highest BCUT2D eigenvalue weighted by molar-refractivity contribution is 6.21. The summed E-state index contributed by atoms with van der Waals surface area (Å²) in [6.07, 6.45) is 4.88. The number of benzene rings is 1. The minimum Gasteiger partial charge on any atom is -0.274 e. The number of anilines is 1. The molecule has 124 valence electrons. The van der Waals surface area contributed by atoms with E-state index in [1.807, 2.05) is 0 Å². The van der Waals surface area contributed by atoms with Crippen LogP contribution in [0.4, 0.5) is 10.3 Å². The van der Waals surface area contributed by atoms with Crippen LogP contribution in [0.1, 0.15) is 31.2 Å². The van der Waals surface area contributed by atoms with Crippen molar-refractivity contribution in [1.82, 2.24) is 14.8 Å². The lowest BCUT2D eigenvalue weighted by atomic mass is 9.81. The van der Waals surface area contributed by atoms with Crippen LogP contribution in [0.15, 0.2) is 30.6 Å². The zero-order valence-electron chi connectivity index (χ0n) is 13.1. The molecule has 2 aliphatic rings. The van der Waals surface area contributed by atoms with E-state index in [4.69, 9.17) is 0 Å². The van der Waals surface area contributed by atoms with E-state index < -0.39 is 0 Å². The molecule has 4 rings (SSSR count). The number of imide groups is 1. The Bertz CT molecular complexity index is 779. The largest absolute Gasteiger partial charge is 0.274 e. The number of fused-ring (bicyclic) bond motifs is 1. The van der Waals surface area contributed by atoms with Crippen LogP contribution in [0.2, 0.25) is 0 Å². The molecule has 24 heavy (non-hydrogen) atoms. The molecule has 1 aromatic heterocycles. The van der Waals surface area contributed by atoms with Crippen molar-refractivity contribution in [3.05, 3.63) is 42.0 Å². The van der Waals surface area contributed by atoms with Crippen LogP contribution in [0.5, 0.6) is 0 Å². The Kier molecular flexibility index (Phi) is 3.63. The second-order valence-electron chi connectivity index (χ2n) is 6.34. The van der Waals surface area contributed by atoms with E-state index in [0.717, 1.165) is 30.6 Å². The van der Waals surface area contributed by atoms with Gasteiger partial charge in [-0.15, -0.1) is 5.10 Å². The van der Waals surface area contributed by atoms with Gasteiger partial charge in [0.25, 0.3) is 5.95 Å². The molecule has 0 radical (unpaired) electrons. The molecule has 0 N–H and O–H groups in total. The van der Waals surface area contributed by atoms with Crippen molar-refractivity contribution in [3.8, 4) is 0 Å². The van der Waals surface area contributed by atoms with Crippen molar-refractivity contribution in [2.75, 3.05) is 4.90 Å². The van der Waals surface area contributed by atoms with Gasteiger partial charge in [0.15, 0.2) is 0 Å². The molecule has 6 nitrogen and oxygen atoms in total. The van der Waals surface area contributed by atoms with Crippen LogP contribution in [0.3, 0.4) is 0 Å². The summed E-state index contributed by atoms with van der Waals surface area (Å²) < 4.78 is 15.2. The number of hydrogen-bond donors (Lipinski definition) is 0. The van der Waals surface area contributed by atoms with Crippen LogP contribution in [-0.4, -0.2) is 26.6 Å². The Hall–Kier alpha value is -2.57. The Morgan fingerprint density at radius 3 is 2.42 bits per heavy atom. The summed E-state index contributed by atoms with van der Waals surface area (Å²) in [7, 11) is 0. The fourth-order valence-electron chi connectivity index (χ4n) is 3.62. The van der Waals surface area contributed by atoms with E-state index >= 15 is 0 Å². The first-order valence-electron chi connectivity index (χ1n) is 8.16. The van der Waals surface area contributed by atoms with Crippen molar-refractivity contribution in [1.29, 1.82) is 0 Å². The molecule has 1 saturated heterocycles. The number of nitrogens with zero attached hydrogens (tertiary/aromatic N) is 4. The number of hydrogen-bond acceptors (Lipinski definition) is 4. The van der Waals surface area contributed by atoms with Crippen LogP contribution in [0, 0.1) is 17.7 Å². The third kappa shape index (κ3) is 2.40. The SMILES string of the molecule is O=C1[C@H]2CCCC[C@H]2C(=O)N1c1ncn(Cc2ccccc2F)n1. The van der Waals surface area contributed by atoms with E-state index in [2.05, 4.69) is 10.1 Å². The Labute approximate surface area is 138 Å². The highest BCUT2D eigenvalue weighted by Gasteiger charge is 2.50. The number of amides is 2. The second-order valence-corrected chi connectivity index (χ2v) is 6.34.